The van der Waals surface area contributed by atoms with Crippen molar-refractivity contribution in [1.29, 1.82) is 0 Å². The van der Waals surface area contributed by atoms with Crippen molar-refractivity contribution >= 4 is 38.9 Å². The van der Waals surface area contributed by atoms with Gasteiger partial charge in [0.2, 0.25) is 5.91 Å². The lowest BCUT2D eigenvalue weighted by molar-refractivity contribution is -0.115. The van der Waals surface area contributed by atoms with Gasteiger partial charge in [-0.1, -0.05) is 34.1 Å². The highest BCUT2D eigenvalue weighted by Gasteiger charge is 2.10. The molecule has 0 atom stereocenters. The Morgan fingerprint density at radius 2 is 1.97 bits per heavy atom. The first-order valence-electron chi connectivity index (χ1n) is 9.55. The van der Waals surface area contributed by atoms with E-state index >= 15 is 0 Å². The van der Waals surface area contributed by atoms with Crippen LogP contribution in [0.4, 0.5) is 5.69 Å². The Balaban J connectivity index is 1.45. The molecule has 0 radical (unpaired) electrons. The molecular formula is C24H20BrN3OS. The second-order valence-electron chi connectivity index (χ2n) is 7.04. The topological polar surface area (TPSA) is 54.9 Å². The van der Waals surface area contributed by atoms with Crippen molar-refractivity contribution in [3.63, 3.8) is 0 Å². The average molecular weight is 478 g/mol. The molecule has 0 unspecified atom stereocenters. The van der Waals surface area contributed by atoms with E-state index in [1.54, 1.807) is 17.5 Å². The zero-order valence-corrected chi connectivity index (χ0v) is 18.8. The van der Waals surface area contributed by atoms with Crippen molar-refractivity contribution in [2.24, 2.45) is 0 Å². The summed E-state index contributed by atoms with van der Waals surface area (Å²) in [5, 5.41) is 6.11. The standard InChI is InChI=1S/C24H20BrN3OS/c1-16-4-9-21(27-23(29)11-17-5-7-20(25)8-6-17)12-19(16)13-24-28-22(15-30-24)18-3-2-10-26-14-18/h2-10,12,14-15H,11,13H2,1H3,(H,27,29). The molecule has 0 bridgehead atoms. The molecule has 2 heterocycles. The second-order valence-corrected chi connectivity index (χ2v) is 8.90. The van der Waals surface area contributed by atoms with Gasteiger partial charge >= 0.3 is 0 Å². The van der Waals surface area contributed by atoms with E-state index < -0.39 is 0 Å². The van der Waals surface area contributed by atoms with Crippen LogP contribution >= 0.6 is 27.3 Å². The van der Waals surface area contributed by atoms with Crippen molar-refractivity contribution < 1.29 is 4.79 Å². The van der Waals surface area contributed by atoms with Crippen LogP contribution in [0.5, 0.6) is 0 Å². The highest BCUT2D eigenvalue weighted by Crippen LogP contribution is 2.25. The third-order valence-electron chi connectivity index (χ3n) is 4.76. The fourth-order valence-electron chi connectivity index (χ4n) is 3.13. The van der Waals surface area contributed by atoms with Crippen molar-refractivity contribution in [2.45, 2.75) is 19.8 Å². The first-order chi connectivity index (χ1) is 14.6. The molecule has 4 rings (SSSR count). The van der Waals surface area contributed by atoms with Crippen molar-refractivity contribution in [2.75, 3.05) is 5.32 Å². The number of amides is 1. The Hall–Kier alpha value is -2.83. The van der Waals surface area contributed by atoms with Crippen LogP contribution in [0.2, 0.25) is 0 Å². The summed E-state index contributed by atoms with van der Waals surface area (Å²) in [5.74, 6) is -0.0276. The highest BCUT2D eigenvalue weighted by atomic mass is 79.9. The lowest BCUT2D eigenvalue weighted by atomic mass is 10.0. The highest BCUT2D eigenvalue weighted by molar-refractivity contribution is 9.10. The molecule has 0 aliphatic heterocycles. The van der Waals surface area contributed by atoms with E-state index in [4.69, 9.17) is 4.98 Å². The van der Waals surface area contributed by atoms with Gasteiger partial charge in [0.05, 0.1) is 17.1 Å². The van der Waals surface area contributed by atoms with Crippen LogP contribution in [-0.4, -0.2) is 15.9 Å². The smallest absolute Gasteiger partial charge is 0.228 e. The van der Waals surface area contributed by atoms with Gasteiger partial charge in [-0.25, -0.2) is 4.98 Å². The molecule has 0 aliphatic rings. The van der Waals surface area contributed by atoms with Gasteiger partial charge in [0.1, 0.15) is 0 Å². The Bertz CT molecular complexity index is 1160. The number of thiazole rings is 1. The number of nitrogens with zero attached hydrogens (tertiary/aromatic N) is 2. The van der Waals surface area contributed by atoms with E-state index in [-0.39, 0.29) is 5.91 Å². The van der Waals surface area contributed by atoms with Crippen LogP contribution in [0.15, 0.2) is 76.8 Å². The molecular weight excluding hydrogens is 458 g/mol. The molecule has 150 valence electrons. The number of halogens is 1. The average Bonchev–Trinajstić information content (AvgIpc) is 3.21. The molecule has 2 aromatic heterocycles. The molecule has 4 aromatic rings. The van der Waals surface area contributed by atoms with Crippen LogP contribution in [0.25, 0.3) is 11.3 Å². The summed E-state index contributed by atoms with van der Waals surface area (Å²) in [6.07, 6.45) is 4.66. The minimum absolute atomic E-state index is 0.0276. The molecule has 0 aliphatic carbocycles. The van der Waals surface area contributed by atoms with Gasteiger partial charge in [0, 0.05) is 39.9 Å². The number of hydrogen-bond donors (Lipinski definition) is 1. The maximum absolute atomic E-state index is 12.4. The molecule has 1 N–H and O–H groups in total. The number of aryl methyl sites for hydroxylation is 1. The van der Waals surface area contributed by atoms with E-state index in [0.717, 1.165) is 44.0 Å². The van der Waals surface area contributed by atoms with Crippen molar-refractivity contribution in [3.05, 3.63) is 98.5 Å². The SMILES string of the molecule is Cc1ccc(NC(=O)Cc2ccc(Br)cc2)cc1Cc1nc(-c2cccnc2)cs1. The van der Waals surface area contributed by atoms with Gasteiger partial charge in [-0.05, 0) is 60.0 Å². The fourth-order valence-corrected chi connectivity index (χ4v) is 4.23. The summed E-state index contributed by atoms with van der Waals surface area (Å²) in [4.78, 5) is 21.4. The molecule has 30 heavy (non-hydrogen) atoms. The third kappa shape index (κ3) is 5.20. The number of rotatable bonds is 6. The first kappa shape index (κ1) is 20.4. The molecule has 6 heteroatoms. The fraction of sp³-hybridized carbons (Fsp3) is 0.125. The van der Waals surface area contributed by atoms with Crippen LogP contribution in [0, 0.1) is 6.92 Å². The molecule has 2 aromatic carbocycles. The Morgan fingerprint density at radius 1 is 1.13 bits per heavy atom. The van der Waals surface area contributed by atoms with Crippen LogP contribution in [0.1, 0.15) is 21.7 Å². The number of benzene rings is 2. The summed E-state index contributed by atoms with van der Waals surface area (Å²) in [5.41, 5.74) is 6.09. The quantitative estimate of drug-likeness (QED) is 0.367. The van der Waals surface area contributed by atoms with E-state index in [2.05, 4.69) is 38.5 Å². The lowest BCUT2D eigenvalue weighted by Gasteiger charge is -2.10. The Kier molecular flexibility index (Phi) is 6.35. The van der Waals surface area contributed by atoms with E-state index in [1.165, 1.54) is 5.56 Å². The number of aromatic nitrogens is 2. The molecule has 4 nitrogen and oxygen atoms in total. The number of nitrogens with one attached hydrogen (secondary N) is 1. The zero-order chi connectivity index (χ0) is 20.9. The van der Waals surface area contributed by atoms with Gasteiger partial charge in [-0.15, -0.1) is 11.3 Å². The maximum Gasteiger partial charge on any atom is 0.228 e. The lowest BCUT2D eigenvalue weighted by Crippen LogP contribution is -2.14. The normalized spacial score (nSPS) is 10.7. The van der Waals surface area contributed by atoms with Crippen LogP contribution < -0.4 is 5.32 Å². The van der Waals surface area contributed by atoms with Gasteiger partial charge in [-0.2, -0.15) is 0 Å². The summed E-state index contributed by atoms with van der Waals surface area (Å²) in [6.45, 7) is 2.08. The second kappa shape index (κ2) is 9.32. The van der Waals surface area contributed by atoms with Crippen molar-refractivity contribution in [1.82, 2.24) is 9.97 Å². The molecule has 0 saturated heterocycles. The Labute approximate surface area is 188 Å². The van der Waals surface area contributed by atoms with Gasteiger partial charge in [-0.3, -0.25) is 9.78 Å². The number of anilines is 1. The van der Waals surface area contributed by atoms with Gasteiger partial charge in [0.25, 0.3) is 0 Å². The predicted molar refractivity (Wildman–Crippen MR) is 126 cm³/mol. The number of carbonyl (C=O) groups excluding carboxylic acids is 1. The first-order valence-corrected chi connectivity index (χ1v) is 11.2. The number of carbonyl (C=O) groups is 1. The molecule has 0 spiro atoms. The molecule has 1 amide bonds. The predicted octanol–water partition coefficient (Wildman–Crippen LogP) is 6.05. The van der Waals surface area contributed by atoms with E-state index in [1.807, 2.05) is 60.8 Å². The minimum Gasteiger partial charge on any atom is -0.326 e. The summed E-state index contributed by atoms with van der Waals surface area (Å²) >= 11 is 5.05. The van der Waals surface area contributed by atoms with Crippen LogP contribution in [-0.2, 0) is 17.6 Å². The largest absolute Gasteiger partial charge is 0.326 e. The number of hydrogen-bond acceptors (Lipinski definition) is 4. The molecule has 0 saturated carbocycles. The molecule has 0 fully saturated rings. The monoisotopic (exact) mass is 477 g/mol. The van der Waals surface area contributed by atoms with Gasteiger partial charge < -0.3 is 5.32 Å². The summed E-state index contributed by atoms with van der Waals surface area (Å²) in [6, 6.07) is 17.7. The van der Waals surface area contributed by atoms with E-state index in [9.17, 15) is 4.79 Å². The maximum atomic E-state index is 12.4. The number of pyridine rings is 1. The van der Waals surface area contributed by atoms with E-state index in [0.29, 0.717) is 6.42 Å². The zero-order valence-electron chi connectivity index (χ0n) is 16.4. The third-order valence-corrected chi connectivity index (χ3v) is 6.14. The van der Waals surface area contributed by atoms with Gasteiger partial charge in [0.15, 0.2) is 0 Å². The summed E-state index contributed by atoms with van der Waals surface area (Å²) < 4.78 is 1.00. The minimum atomic E-state index is -0.0276. The summed E-state index contributed by atoms with van der Waals surface area (Å²) in [7, 11) is 0. The Morgan fingerprint density at radius 3 is 2.73 bits per heavy atom. The van der Waals surface area contributed by atoms with Crippen LogP contribution in [0.3, 0.4) is 0 Å². The van der Waals surface area contributed by atoms with Crippen molar-refractivity contribution in [3.8, 4) is 11.3 Å².